The minimum absolute atomic E-state index is 0.193. The molecule has 0 heterocycles. The quantitative estimate of drug-likeness (QED) is 0.245. The van der Waals surface area contributed by atoms with Gasteiger partial charge in [0.2, 0.25) is 0 Å². The van der Waals surface area contributed by atoms with Crippen LogP contribution in [0.15, 0.2) is 5.16 Å². The van der Waals surface area contributed by atoms with Crippen LogP contribution in [0.2, 0.25) is 0 Å². The van der Waals surface area contributed by atoms with Crippen LogP contribution in [0, 0.1) is 0 Å². The third-order valence-electron chi connectivity index (χ3n) is 0.497. The Morgan fingerprint density at radius 1 is 2.00 bits per heavy atom. The average molecular weight is 136 g/mol. The van der Waals surface area contributed by atoms with Crippen molar-refractivity contribution in [3.05, 3.63) is 0 Å². The highest BCUT2D eigenvalue weighted by Crippen LogP contribution is 1.77. The maximum atomic E-state index is 9.78. The van der Waals surface area contributed by atoms with Crippen LogP contribution in [-0.2, 0) is 11.1 Å². The molecule has 1 atom stereocenters. The first-order valence-corrected chi connectivity index (χ1v) is 3.14. The van der Waals surface area contributed by atoms with E-state index in [-0.39, 0.29) is 11.5 Å². The molecule has 0 aliphatic rings. The fourth-order valence-corrected chi connectivity index (χ4v) is 0.598. The Morgan fingerprint density at radius 2 is 2.50 bits per heavy atom. The molecule has 8 heavy (non-hydrogen) atoms. The molecule has 48 valence electrons. The molecule has 0 amide bonds. The van der Waals surface area contributed by atoms with Crippen molar-refractivity contribution in [3.63, 3.8) is 0 Å². The van der Waals surface area contributed by atoms with Gasteiger partial charge < -0.3 is 9.76 Å². The van der Waals surface area contributed by atoms with Crippen LogP contribution in [-0.4, -0.2) is 25.4 Å². The minimum Gasteiger partial charge on any atom is -0.772 e. The lowest BCUT2D eigenvalue weighted by atomic mass is 10.5. The Labute approximate surface area is 49.5 Å². The van der Waals surface area contributed by atoms with E-state index in [4.69, 9.17) is 5.21 Å². The van der Waals surface area contributed by atoms with Crippen LogP contribution in [0.25, 0.3) is 0 Å². The first-order chi connectivity index (χ1) is 3.66. The molecular formula is C3H6NO3S-. The summed E-state index contributed by atoms with van der Waals surface area (Å²) >= 11 is -2.14. The highest BCUT2D eigenvalue weighted by molar-refractivity contribution is 7.79. The van der Waals surface area contributed by atoms with Gasteiger partial charge in [0, 0.05) is 0 Å². The zero-order valence-corrected chi connectivity index (χ0v) is 5.14. The summed E-state index contributed by atoms with van der Waals surface area (Å²) in [5.41, 5.74) is 0.193. The number of rotatable bonds is 2. The molecular weight excluding hydrogens is 130 g/mol. The molecule has 0 aromatic rings. The maximum absolute atomic E-state index is 9.78. The van der Waals surface area contributed by atoms with E-state index < -0.39 is 11.1 Å². The molecule has 5 heteroatoms. The molecule has 0 bridgehead atoms. The molecule has 1 unspecified atom stereocenters. The van der Waals surface area contributed by atoms with E-state index in [9.17, 15) is 8.76 Å². The zero-order chi connectivity index (χ0) is 6.57. The van der Waals surface area contributed by atoms with Crippen molar-refractivity contribution in [2.75, 3.05) is 5.75 Å². The molecule has 0 aromatic heterocycles. The highest BCUT2D eigenvalue weighted by atomic mass is 32.2. The van der Waals surface area contributed by atoms with Gasteiger partial charge in [0.25, 0.3) is 0 Å². The SMILES string of the molecule is CC(CS(=O)[O-])=NO. The average Bonchev–Trinajstić information content (AvgIpc) is 1.65. The third kappa shape index (κ3) is 3.76. The summed E-state index contributed by atoms with van der Waals surface area (Å²) in [6.45, 7) is 1.43. The Kier molecular flexibility index (Phi) is 3.38. The lowest BCUT2D eigenvalue weighted by molar-refractivity contribution is 0.318. The molecule has 0 saturated carbocycles. The molecule has 0 saturated heterocycles. The van der Waals surface area contributed by atoms with E-state index in [0.29, 0.717) is 0 Å². The topological polar surface area (TPSA) is 72.7 Å². The van der Waals surface area contributed by atoms with Gasteiger partial charge in [-0.25, -0.2) is 0 Å². The van der Waals surface area contributed by atoms with Gasteiger partial charge in [0.05, 0.1) is 11.5 Å². The molecule has 0 aromatic carbocycles. The van der Waals surface area contributed by atoms with Crippen molar-refractivity contribution in [1.29, 1.82) is 0 Å². The van der Waals surface area contributed by atoms with E-state index in [1.54, 1.807) is 0 Å². The second-order valence-corrected chi connectivity index (χ2v) is 2.18. The number of hydrogen-bond acceptors (Lipinski definition) is 4. The molecule has 0 rings (SSSR count). The van der Waals surface area contributed by atoms with Gasteiger partial charge in [-0.1, -0.05) is 5.16 Å². The molecule has 0 radical (unpaired) electrons. The van der Waals surface area contributed by atoms with Gasteiger partial charge in [-0.2, -0.15) is 0 Å². The van der Waals surface area contributed by atoms with E-state index >= 15 is 0 Å². The summed E-state index contributed by atoms with van der Waals surface area (Å²) in [5.74, 6) is -0.198. The Bertz CT molecular complexity index is 122. The van der Waals surface area contributed by atoms with Crippen molar-refractivity contribution in [2.24, 2.45) is 5.16 Å². The van der Waals surface area contributed by atoms with E-state index in [2.05, 4.69) is 5.16 Å². The van der Waals surface area contributed by atoms with Gasteiger partial charge in [0.15, 0.2) is 0 Å². The summed E-state index contributed by atoms with van der Waals surface area (Å²) in [6, 6.07) is 0. The van der Waals surface area contributed by atoms with Gasteiger partial charge in [0.1, 0.15) is 0 Å². The van der Waals surface area contributed by atoms with E-state index in [0.717, 1.165) is 0 Å². The van der Waals surface area contributed by atoms with Crippen molar-refractivity contribution in [3.8, 4) is 0 Å². The van der Waals surface area contributed by atoms with Gasteiger partial charge in [-0.15, -0.1) is 0 Å². The van der Waals surface area contributed by atoms with Crippen LogP contribution >= 0.6 is 0 Å². The Hall–Kier alpha value is -0.420. The predicted octanol–water partition coefficient (Wildman–Crippen LogP) is -0.284. The molecule has 4 nitrogen and oxygen atoms in total. The standard InChI is InChI=1S/C3H7NO3S/c1-3(4-5)2-8(6)7/h5H,2H2,1H3,(H,6,7)/p-1. The summed E-state index contributed by atoms with van der Waals surface area (Å²) in [7, 11) is 0. The van der Waals surface area contributed by atoms with Gasteiger partial charge >= 0.3 is 0 Å². The lowest BCUT2D eigenvalue weighted by Crippen LogP contribution is -2.05. The predicted molar refractivity (Wildman–Crippen MR) is 28.7 cm³/mol. The van der Waals surface area contributed by atoms with Crippen LogP contribution in [0.3, 0.4) is 0 Å². The van der Waals surface area contributed by atoms with Crippen molar-refractivity contribution in [2.45, 2.75) is 6.92 Å². The molecule has 0 aliphatic heterocycles. The van der Waals surface area contributed by atoms with Crippen LogP contribution in [0.4, 0.5) is 0 Å². The van der Waals surface area contributed by atoms with Crippen molar-refractivity contribution in [1.82, 2.24) is 0 Å². The second-order valence-electron chi connectivity index (χ2n) is 1.28. The summed E-state index contributed by atoms with van der Waals surface area (Å²) in [4.78, 5) is 0. The van der Waals surface area contributed by atoms with Crippen LogP contribution in [0.1, 0.15) is 6.92 Å². The smallest absolute Gasteiger partial charge is 0.0652 e. The van der Waals surface area contributed by atoms with E-state index in [1.807, 2.05) is 0 Å². The fraction of sp³-hybridized carbons (Fsp3) is 0.667. The Balaban J connectivity index is 3.56. The third-order valence-corrected chi connectivity index (χ3v) is 1.15. The molecule has 0 spiro atoms. The fourth-order valence-electron chi connectivity index (χ4n) is 0.199. The number of hydrogen-bond donors (Lipinski definition) is 1. The van der Waals surface area contributed by atoms with Crippen LogP contribution in [0.5, 0.6) is 0 Å². The first-order valence-electron chi connectivity index (χ1n) is 1.90. The molecule has 0 fully saturated rings. The minimum atomic E-state index is -2.14. The van der Waals surface area contributed by atoms with Gasteiger partial charge in [-0.3, -0.25) is 4.21 Å². The number of nitrogens with zero attached hydrogens (tertiary/aromatic N) is 1. The Morgan fingerprint density at radius 3 is 2.62 bits per heavy atom. The maximum Gasteiger partial charge on any atom is 0.0652 e. The molecule has 0 aliphatic carbocycles. The monoisotopic (exact) mass is 136 g/mol. The zero-order valence-electron chi connectivity index (χ0n) is 4.33. The van der Waals surface area contributed by atoms with Crippen LogP contribution < -0.4 is 0 Å². The summed E-state index contributed by atoms with van der Waals surface area (Å²) in [6.07, 6.45) is 0. The highest BCUT2D eigenvalue weighted by Gasteiger charge is 1.87. The summed E-state index contributed by atoms with van der Waals surface area (Å²) in [5, 5.41) is 10.6. The second kappa shape index (κ2) is 3.57. The summed E-state index contributed by atoms with van der Waals surface area (Å²) < 4.78 is 19.6. The molecule has 1 N–H and O–H groups in total. The normalized spacial score (nSPS) is 16.0. The lowest BCUT2D eigenvalue weighted by Gasteiger charge is -2.00. The first kappa shape index (κ1) is 7.58. The largest absolute Gasteiger partial charge is 0.772 e. The number of oxime groups is 1. The van der Waals surface area contributed by atoms with Gasteiger partial charge in [-0.05, 0) is 18.0 Å². The van der Waals surface area contributed by atoms with Crippen molar-refractivity contribution >= 4 is 16.8 Å². The van der Waals surface area contributed by atoms with Crippen molar-refractivity contribution < 1.29 is 14.0 Å². The van der Waals surface area contributed by atoms with E-state index in [1.165, 1.54) is 6.92 Å².